The summed E-state index contributed by atoms with van der Waals surface area (Å²) in [6, 6.07) is 1.77. The van der Waals surface area contributed by atoms with Crippen molar-refractivity contribution in [2.24, 2.45) is 0 Å². The van der Waals surface area contributed by atoms with Crippen LogP contribution < -0.4 is 11.1 Å². The number of hydrogen-bond acceptors (Lipinski definition) is 5. The first-order valence-electron chi connectivity index (χ1n) is 5.04. The predicted molar refractivity (Wildman–Crippen MR) is 65.2 cm³/mol. The highest BCUT2D eigenvalue weighted by atomic mass is 79.9. The van der Waals surface area contributed by atoms with Crippen molar-refractivity contribution in [2.75, 3.05) is 30.8 Å². The summed E-state index contributed by atoms with van der Waals surface area (Å²) < 4.78 is 5.98. The second-order valence-corrected chi connectivity index (χ2v) is 4.89. The summed E-state index contributed by atoms with van der Waals surface area (Å²) in [5.74, 6) is 0.587. The van der Waals surface area contributed by atoms with Crippen LogP contribution >= 0.6 is 15.9 Å². The van der Waals surface area contributed by atoms with Gasteiger partial charge in [-0.1, -0.05) is 0 Å². The Morgan fingerprint density at radius 2 is 2.50 bits per heavy atom. The zero-order valence-electron chi connectivity index (χ0n) is 8.74. The molecule has 1 aromatic rings. The number of aromatic nitrogens is 1. The van der Waals surface area contributed by atoms with Crippen LogP contribution in [0.1, 0.15) is 6.42 Å². The van der Waals surface area contributed by atoms with Gasteiger partial charge in [0.25, 0.3) is 0 Å². The Morgan fingerprint density at radius 1 is 1.69 bits per heavy atom. The number of anilines is 2. The molecule has 2 rings (SSSR count). The molecule has 88 valence electrons. The van der Waals surface area contributed by atoms with Crippen molar-refractivity contribution in [2.45, 2.75) is 12.0 Å². The number of pyridine rings is 1. The summed E-state index contributed by atoms with van der Waals surface area (Å²) in [6.07, 6.45) is 2.30. The molecule has 1 aliphatic rings. The van der Waals surface area contributed by atoms with Gasteiger partial charge in [-0.3, -0.25) is 0 Å². The van der Waals surface area contributed by atoms with Crippen molar-refractivity contribution in [3.8, 4) is 0 Å². The highest BCUT2D eigenvalue weighted by molar-refractivity contribution is 9.10. The Hall–Kier alpha value is -0.850. The van der Waals surface area contributed by atoms with Gasteiger partial charge < -0.3 is 20.9 Å². The van der Waals surface area contributed by atoms with Crippen molar-refractivity contribution in [3.63, 3.8) is 0 Å². The van der Waals surface area contributed by atoms with Gasteiger partial charge in [-0.15, -0.1) is 0 Å². The summed E-state index contributed by atoms with van der Waals surface area (Å²) in [5.41, 5.74) is 5.53. The van der Waals surface area contributed by atoms with Gasteiger partial charge in [0, 0.05) is 30.2 Å². The van der Waals surface area contributed by atoms with Gasteiger partial charge in [-0.2, -0.15) is 0 Å². The first kappa shape index (κ1) is 11.6. The van der Waals surface area contributed by atoms with E-state index in [0.717, 1.165) is 4.47 Å². The number of nitrogen functional groups attached to an aromatic ring is 1. The molecule has 6 heteroatoms. The van der Waals surface area contributed by atoms with Gasteiger partial charge in [-0.05, 0) is 22.0 Å². The Balaban J connectivity index is 1.99. The van der Waals surface area contributed by atoms with Gasteiger partial charge in [0.1, 0.15) is 11.4 Å². The molecule has 0 aliphatic carbocycles. The number of nitrogens with two attached hydrogens (primary N) is 1. The Labute approximate surface area is 102 Å². The maximum absolute atomic E-state index is 10.0. The normalized spacial score (nSPS) is 24.6. The minimum absolute atomic E-state index is 0.358. The van der Waals surface area contributed by atoms with Gasteiger partial charge in [0.15, 0.2) is 0 Å². The summed E-state index contributed by atoms with van der Waals surface area (Å²) in [7, 11) is 0. The molecule has 5 nitrogen and oxygen atoms in total. The molecule has 1 aromatic heterocycles. The third-order valence-corrected chi connectivity index (χ3v) is 2.98. The molecular weight excluding hydrogens is 274 g/mol. The third kappa shape index (κ3) is 2.63. The molecule has 0 radical (unpaired) electrons. The maximum Gasteiger partial charge on any atom is 0.149 e. The molecule has 2 heterocycles. The monoisotopic (exact) mass is 287 g/mol. The first-order chi connectivity index (χ1) is 7.59. The van der Waals surface area contributed by atoms with Crippen LogP contribution in [0.3, 0.4) is 0 Å². The number of rotatable bonds is 3. The van der Waals surface area contributed by atoms with Crippen molar-refractivity contribution in [1.29, 1.82) is 0 Å². The molecule has 0 amide bonds. The van der Waals surface area contributed by atoms with Crippen LogP contribution in [-0.4, -0.2) is 35.5 Å². The number of nitrogens with zero attached hydrogens (tertiary/aromatic N) is 1. The van der Waals surface area contributed by atoms with Crippen LogP contribution in [-0.2, 0) is 4.74 Å². The van der Waals surface area contributed by atoms with Crippen LogP contribution in [0, 0.1) is 0 Å². The van der Waals surface area contributed by atoms with Crippen LogP contribution in [0.4, 0.5) is 11.5 Å². The van der Waals surface area contributed by atoms with E-state index in [-0.39, 0.29) is 0 Å². The topological polar surface area (TPSA) is 80.4 Å². The number of ether oxygens (including phenoxy) is 1. The van der Waals surface area contributed by atoms with E-state index in [1.54, 1.807) is 12.3 Å². The standard InChI is InChI=1S/C10H14BrN3O2/c11-7-3-8(12)9(13-4-7)14-5-10(15)1-2-16-6-10/h3-4,15H,1-2,5-6,12H2,(H,13,14). The summed E-state index contributed by atoms with van der Waals surface area (Å²) in [4.78, 5) is 4.13. The fraction of sp³-hybridized carbons (Fsp3) is 0.500. The molecule has 0 aromatic carbocycles. The number of aliphatic hydroxyl groups is 1. The quantitative estimate of drug-likeness (QED) is 0.773. The molecule has 1 aliphatic heterocycles. The minimum Gasteiger partial charge on any atom is -0.396 e. The minimum atomic E-state index is -0.804. The van der Waals surface area contributed by atoms with Crippen LogP contribution in [0.25, 0.3) is 0 Å². The van der Waals surface area contributed by atoms with Crippen molar-refractivity contribution >= 4 is 27.4 Å². The van der Waals surface area contributed by atoms with Gasteiger partial charge in [0.2, 0.25) is 0 Å². The second kappa shape index (κ2) is 4.57. The third-order valence-electron chi connectivity index (χ3n) is 2.55. The summed E-state index contributed by atoms with van der Waals surface area (Å²) in [5, 5.41) is 13.1. The lowest BCUT2D eigenvalue weighted by atomic mass is 10.0. The lowest BCUT2D eigenvalue weighted by Crippen LogP contribution is -2.37. The Kier molecular flexibility index (Phi) is 3.32. The Bertz CT molecular complexity index is 380. The smallest absolute Gasteiger partial charge is 0.149 e. The largest absolute Gasteiger partial charge is 0.396 e. The molecule has 0 saturated carbocycles. The van der Waals surface area contributed by atoms with E-state index in [0.29, 0.717) is 37.7 Å². The lowest BCUT2D eigenvalue weighted by molar-refractivity contribution is 0.0381. The molecule has 1 atom stereocenters. The van der Waals surface area contributed by atoms with E-state index >= 15 is 0 Å². The fourth-order valence-electron chi connectivity index (χ4n) is 1.59. The maximum atomic E-state index is 10.0. The van der Waals surface area contributed by atoms with Crippen molar-refractivity contribution < 1.29 is 9.84 Å². The van der Waals surface area contributed by atoms with Crippen molar-refractivity contribution in [3.05, 3.63) is 16.7 Å². The van der Waals surface area contributed by atoms with Gasteiger partial charge in [0.05, 0.1) is 12.3 Å². The van der Waals surface area contributed by atoms with Crippen LogP contribution in [0.15, 0.2) is 16.7 Å². The van der Waals surface area contributed by atoms with Crippen LogP contribution in [0.2, 0.25) is 0 Å². The predicted octanol–water partition coefficient (Wildman–Crippen LogP) is 0.990. The highest BCUT2D eigenvalue weighted by Crippen LogP contribution is 2.23. The number of hydrogen-bond donors (Lipinski definition) is 3. The van der Waals surface area contributed by atoms with Gasteiger partial charge in [-0.25, -0.2) is 4.98 Å². The molecule has 0 bridgehead atoms. The average molecular weight is 288 g/mol. The van der Waals surface area contributed by atoms with E-state index in [1.165, 1.54) is 0 Å². The molecule has 16 heavy (non-hydrogen) atoms. The van der Waals surface area contributed by atoms with E-state index in [1.807, 2.05) is 0 Å². The highest BCUT2D eigenvalue weighted by Gasteiger charge is 2.32. The molecule has 1 fully saturated rings. The SMILES string of the molecule is Nc1cc(Br)cnc1NCC1(O)CCOC1. The first-order valence-corrected chi connectivity index (χ1v) is 5.83. The lowest BCUT2D eigenvalue weighted by Gasteiger charge is -2.21. The van der Waals surface area contributed by atoms with E-state index in [9.17, 15) is 5.11 Å². The van der Waals surface area contributed by atoms with E-state index < -0.39 is 5.60 Å². The van der Waals surface area contributed by atoms with E-state index in [2.05, 4.69) is 26.2 Å². The fourth-order valence-corrected chi connectivity index (χ4v) is 1.94. The van der Waals surface area contributed by atoms with Crippen LogP contribution in [0.5, 0.6) is 0 Å². The zero-order chi connectivity index (χ0) is 11.6. The molecule has 1 unspecified atom stereocenters. The molecule has 4 N–H and O–H groups in total. The zero-order valence-corrected chi connectivity index (χ0v) is 10.3. The number of halogens is 1. The molecule has 0 spiro atoms. The molecule has 1 saturated heterocycles. The summed E-state index contributed by atoms with van der Waals surface area (Å²) >= 11 is 3.28. The Morgan fingerprint density at radius 3 is 3.12 bits per heavy atom. The number of nitrogens with one attached hydrogen (secondary N) is 1. The van der Waals surface area contributed by atoms with Gasteiger partial charge >= 0.3 is 0 Å². The summed E-state index contributed by atoms with van der Waals surface area (Å²) in [6.45, 7) is 1.35. The molecular formula is C10H14BrN3O2. The van der Waals surface area contributed by atoms with Crippen molar-refractivity contribution in [1.82, 2.24) is 4.98 Å². The second-order valence-electron chi connectivity index (χ2n) is 3.97. The van der Waals surface area contributed by atoms with E-state index in [4.69, 9.17) is 10.5 Å². The average Bonchev–Trinajstić information content (AvgIpc) is 2.64.